The second-order valence-corrected chi connectivity index (χ2v) is 5.72. The lowest BCUT2D eigenvalue weighted by atomic mass is 10.1. The highest BCUT2D eigenvalue weighted by molar-refractivity contribution is 7.11. The van der Waals surface area contributed by atoms with Crippen molar-refractivity contribution in [3.05, 3.63) is 52.2 Å². The fourth-order valence-corrected chi connectivity index (χ4v) is 3.07. The molecule has 20 heavy (non-hydrogen) atoms. The van der Waals surface area contributed by atoms with E-state index >= 15 is 0 Å². The lowest BCUT2D eigenvalue weighted by Crippen LogP contribution is -2.34. The number of anilines is 1. The smallest absolute Gasteiger partial charge is 0.0642 e. The van der Waals surface area contributed by atoms with E-state index in [4.69, 9.17) is 10.5 Å². The van der Waals surface area contributed by atoms with Gasteiger partial charge in [-0.15, -0.1) is 11.3 Å². The number of nitrogens with zero attached hydrogens (tertiary/aromatic N) is 1. The Morgan fingerprint density at radius 1 is 1.15 bits per heavy atom. The van der Waals surface area contributed by atoms with Gasteiger partial charge in [-0.1, -0.05) is 18.2 Å². The highest BCUT2D eigenvalue weighted by Crippen LogP contribution is 2.27. The van der Waals surface area contributed by atoms with Crippen molar-refractivity contribution in [1.29, 1.82) is 0 Å². The fraction of sp³-hybridized carbons (Fsp3) is 0.250. The van der Waals surface area contributed by atoms with Gasteiger partial charge in [0.1, 0.15) is 0 Å². The summed E-state index contributed by atoms with van der Waals surface area (Å²) in [6.07, 6.45) is 2.23. The number of nitrogen functional groups attached to an aromatic ring is 1. The predicted molar refractivity (Wildman–Crippen MR) is 85.4 cm³/mol. The van der Waals surface area contributed by atoms with E-state index in [2.05, 4.69) is 40.6 Å². The number of benzene rings is 1. The molecule has 0 unspecified atom stereocenters. The number of thiophene rings is 1. The molecule has 0 spiro atoms. The Balaban J connectivity index is 1.94. The van der Waals surface area contributed by atoms with Crippen molar-refractivity contribution in [1.82, 2.24) is 4.90 Å². The average Bonchev–Trinajstić information content (AvgIpc) is 3.01. The van der Waals surface area contributed by atoms with Crippen LogP contribution in [0.25, 0.3) is 11.8 Å². The molecule has 1 aromatic heterocycles. The SMILES string of the molecule is Nc1ccc(/C=C(\c2cccs2)N2CCOCC2)cc1. The molecule has 104 valence electrons. The second kappa shape index (κ2) is 6.11. The van der Waals surface area contributed by atoms with E-state index in [1.165, 1.54) is 16.1 Å². The predicted octanol–water partition coefficient (Wildman–Crippen LogP) is 3.16. The van der Waals surface area contributed by atoms with Crippen molar-refractivity contribution < 1.29 is 4.74 Å². The number of rotatable bonds is 3. The van der Waals surface area contributed by atoms with Crippen LogP contribution in [0, 0.1) is 0 Å². The summed E-state index contributed by atoms with van der Waals surface area (Å²) in [5.74, 6) is 0. The van der Waals surface area contributed by atoms with Crippen molar-refractivity contribution in [2.75, 3.05) is 32.0 Å². The van der Waals surface area contributed by atoms with Crippen LogP contribution in [-0.2, 0) is 4.74 Å². The topological polar surface area (TPSA) is 38.5 Å². The number of hydrogen-bond donors (Lipinski definition) is 1. The largest absolute Gasteiger partial charge is 0.399 e. The van der Waals surface area contributed by atoms with Crippen LogP contribution in [0.15, 0.2) is 41.8 Å². The molecule has 1 saturated heterocycles. The highest BCUT2D eigenvalue weighted by atomic mass is 32.1. The Kier molecular flexibility index (Phi) is 4.04. The van der Waals surface area contributed by atoms with Crippen molar-refractivity contribution in [3.8, 4) is 0 Å². The van der Waals surface area contributed by atoms with Crippen molar-refractivity contribution in [3.63, 3.8) is 0 Å². The Morgan fingerprint density at radius 2 is 1.90 bits per heavy atom. The van der Waals surface area contributed by atoms with Crippen LogP contribution in [0.3, 0.4) is 0 Å². The third kappa shape index (κ3) is 3.03. The average molecular weight is 286 g/mol. The molecule has 0 amide bonds. The maximum absolute atomic E-state index is 5.75. The molecule has 0 radical (unpaired) electrons. The van der Waals surface area contributed by atoms with Crippen molar-refractivity contribution >= 4 is 28.8 Å². The Morgan fingerprint density at radius 3 is 2.55 bits per heavy atom. The minimum atomic E-state index is 0.796. The maximum Gasteiger partial charge on any atom is 0.0642 e. The normalized spacial score (nSPS) is 16.4. The van der Waals surface area contributed by atoms with Crippen molar-refractivity contribution in [2.45, 2.75) is 0 Å². The van der Waals surface area contributed by atoms with Crippen LogP contribution in [0.4, 0.5) is 5.69 Å². The molecule has 1 aliphatic rings. The van der Waals surface area contributed by atoms with E-state index in [9.17, 15) is 0 Å². The summed E-state index contributed by atoms with van der Waals surface area (Å²) < 4.78 is 5.45. The molecule has 1 aromatic carbocycles. The zero-order valence-electron chi connectivity index (χ0n) is 11.3. The minimum Gasteiger partial charge on any atom is -0.399 e. The van der Waals surface area contributed by atoms with E-state index < -0.39 is 0 Å². The third-order valence-electron chi connectivity index (χ3n) is 3.37. The zero-order chi connectivity index (χ0) is 13.8. The molecule has 0 saturated carbocycles. The van der Waals surface area contributed by atoms with Crippen LogP contribution < -0.4 is 5.73 Å². The summed E-state index contributed by atoms with van der Waals surface area (Å²) in [7, 11) is 0. The first-order valence-electron chi connectivity index (χ1n) is 6.77. The van der Waals surface area contributed by atoms with E-state index in [0.717, 1.165) is 32.0 Å². The van der Waals surface area contributed by atoms with Gasteiger partial charge in [0.15, 0.2) is 0 Å². The van der Waals surface area contributed by atoms with Gasteiger partial charge in [-0.25, -0.2) is 0 Å². The van der Waals surface area contributed by atoms with Gasteiger partial charge in [0.25, 0.3) is 0 Å². The van der Waals surface area contributed by atoms with Crippen LogP contribution >= 0.6 is 11.3 Å². The first-order chi connectivity index (χ1) is 9.83. The number of morpholine rings is 1. The third-order valence-corrected chi connectivity index (χ3v) is 4.26. The summed E-state index contributed by atoms with van der Waals surface area (Å²) in [6.45, 7) is 3.48. The van der Waals surface area contributed by atoms with Gasteiger partial charge in [0.05, 0.1) is 23.8 Å². The molecular formula is C16H18N2OS. The number of ether oxygens (including phenoxy) is 1. The van der Waals surface area contributed by atoms with Crippen molar-refractivity contribution in [2.24, 2.45) is 0 Å². The van der Waals surface area contributed by atoms with Crippen LogP contribution in [0.5, 0.6) is 0 Å². The molecular weight excluding hydrogens is 268 g/mol. The second-order valence-electron chi connectivity index (χ2n) is 4.77. The standard InChI is InChI=1S/C16H18N2OS/c17-14-5-3-13(4-6-14)12-15(16-2-1-11-20-16)18-7-9-19-10-8-18/h1-6,11-12H,7-10,17H2/b15-12+. The summed E-state index contributed by atoms with van der Waals surface area (Å²) in [4.78, 5) is 3.69. The maximum atomic E-state index is 5.75. The monoisotopic (exact) mass is 286 g/mol. The van der Waals surface area contributed by atoms with E-state index in [1.54, 1.807) is 11.3 Å². The van der Waals surface area contributed by atoms with Gasteiger partial charge in [-0.05, 0) is 35.2 Å². The van der Waals surface area contributed by atoms with Gasteiger partial charge in [-0.2, -0.15) is 0 Å². The van der Waals surface area contributed by atoms with E-state index in [-0.39, 0.29) is 0 Å². The Labute approximate surface area is 123 Å². The zero-order valence-corrected chi connectivity index (χ0v) is 12.1. The molecule has 1 fully saturated rings. The molecule has 0 atom stereocenters. The van der Waals surface area contributed by atoms with Crippen LogP contribution in [0.1, 0.15) is 10.4 Å². The Hall–Kier alpha value is -1.78. The van der Waals surface area contributed by atoms with Gasteiger partial charge in [0, 0.05) is 18.8 Å². The number of nitrogens with two attached hydrogens (primary N) is 1. The molecule has 3 nitrogen and oxygen atoms in total. The number of hydrogen-bond acceptors (Lipinski definition) is 4. The fourth-order valence-electron chi connectivity index (χ4n) is 2.30. The highest BCUT2D eigenvalue weighted by Gasteiger charge is 2.16. The summed E-state index contributed by atoms with van der Waals surface area (Å²) in [5, 5.41) is 2.12. The Bertz CT molecular complexity index is 569. The molecule has 0 bridgehead atoms. The molecule has 1 aliphatic heterocycles. The molecule has 2 heterocycles. The molecule has 3 rings (SSSR count). The molecule has 2 aromatic rings. The van der Waals surface area contributed by atoms with Gasteiger partial charge >= 0.3 is 0 Å². The lowest BCUT2D eigenvalue weighted by Gasteiger charge is -2.30. The molecule has 0 aliphatic carbocycles. The minimum absolute atomic E-state index is 0.796. The van der Waals surface area contributed by atoms with Crippen LogP contribution in [0.2, 0.25) is 0 Å². The summed E-state index contributed by atoms with van der Waals surface area (Å²) in [5.41, 5.74) is 8.99. The van der Waals surface area contributed by atoms with E-state index in [0.29, 0.717) is 0 Å². The first-order valence-corrected chi connectivity index (χ1v) is 7.65. The summed E-state index contributed by atoms with van der Waals surface area (Å²) >= 11 is 1.77. The van der Waals surface area contributed by atoms with Gasteiger partial charge in [-0.3, -0.25) is 0 Å². The van der Waals surface area contributed by atoms with Crippen LogP contribution in [-0.4, -0.2) is 31.2 Å². The lowest BCUT2D eigenvalue weighted by molar-refractivity contribution is 0.0643. The quantitative estimate of drug-likeness (QED) is 0.881. The first kappa shape index (κ1) is 13.2. The van der Waals surface area contributed by atoms with Gasteiger partial charge < -0.3 is 15.4 Å². The molecule has 4 heteroatoms. The molecule has 2 N–H and O–H groups in total. The summed E-state index contributed by atoms with van der Waals surface area (Å²) in [6, 6.07) is 12.3. The van der Waals surface area contributed by atoms with Gasteiger partial charge in [0.2, 0.25) is 0 Å². The van der Waals surface area contributed by atoms with E-state index in [1.807, 2.05) is 12.1 Å².